The molecule has 128 valence electrons. The van der Waals surface area contributed by atoms with Gasteiger partial charge < -0.3 is 20.6 Å². The molecule has 3 atom stereocenters. The van der Waals surface area contributed by atoms with E-state index in [0.29, 0.717) is 13.1 Å². The summed E-state index contributed by atoms with van der Waals surface area (Å²) in [4.78, 5) is 24.4. The van der Waals surface area contributed by atoms with Gasteiger partial charge in [0.05, 0.1) is 11.5 Å². The van der Waals surface area contributed by atoms with Gasteiger partial charge in [-0.1, -0.05) is 0 Å². The minimum atomic E-state index is -0.378. The number of carbonyl (C=O) groups excluding carboxylic acids is 1. The van der Waals surface area contributed by atoms with Crippen LogP contribution < -0.4 is 15.5 Å². The third-order valence-electron chi connectivity index (χ3n) is 4.91. The summed E-state index contributed by atoms with van der Waals surface area (Å²) < 4.78 is 0. The lowest BCUT2D eigenvalue weighted by Gasteiger charge is -2.26. The van der Waals surface area contributed by atoms with Crippen molar-refractivity contribution in [2.24, 2.45) is 5.92 Å². The van der Waals surface area contributed by atoms with Crippen LogP contribution in [0.4, 0.5) is 5.82 Å². The van der Waals surface area contributed by atoms with Crippen molar-refractivity contribution in [3.63, 3.8) is 0 Å². The molecule has 8 heteroatoms. The number of aliphatic hydroxyl groups excluding tert-OH is 1. The minimum Gasteiger partial charge on any atom is -0.391 e. The van der Waals surface area contributed by atoms with Crippen LogP contribution in [-0.2, 0) is 4.79 Å². The molecule has 1 amide bonds. The summed E-state index contributed by atoms with van der Waals surface area (Å²) in [6.45, 7) is 2.69. The number of hydrogen-bond acceptors (Lipinski definition) is 7. The highest BCUT2D eigenvalue weighted by atomic mass is 32.1. The molecule has 2 aromatic heterocycles. The van der Waals surface area contributed by atoms with Gasteiger partial charge in [0.2, 0.25) is 5.91 Å². The van der Waals surface area contributed by atoms with Crippen molar-refractivity contribution >= 4 is 33.3 Å². The van der Waals surface area contributed by atoms with Crippen LogP contribution in [0.5, 0.6) is 0 Å². The lowest BCUT2D eigenvalue weighted by atomic mass is 10.1. The number of rotatable bonds is 4. The van der Waals surface area contributed by atoms with Gasteiger partial charge in [-0.2, -0.15) is 0 Å². The Balaban J connectivity index is 1.48. The van der Waals surface area contributed by atoms with Crippen molar-refractivity contribution in [3.8, 4) is 0 Å². The summed E-state index contributed by atoms with van der Waals surface area (Å²) in [5, 5.41) is 19.0. The molecule has 2 aromatic rings. The summed E-state index contributed by atoms with van der Waals surface area (Å²) in [5.74, 6) is 0.960. The van der Waals surface area contributed by atoms with Crippen LogP contribution in [0, 0.1) is 5.92 Å². The van der Waals surface area contributed by atoms with Crippen LogP contribution in [0.1, 0.15) is 12.8 Å². The van der Waals surface area contributed by atoms with Gasteiger partial charge in [0.25, 0.3) is 0 Å². The van der Waals surface area contributed by atoms with E-state index in [0.717, 1.165) is 42.0 Å². The van der Waals surface area contributed by atoms with Crippen LogP contribution in [0.2, 0.25) is 0 Å². The SMILES string of the molecule is O=C(NCC1CNCC1O)C1CCCN1c1ncnc2sccc12. The Labute approximate surface area is 144 Å². The largest absolute Gasteiger partial charge is 0.391 e. The molecule has 2 aliphatic rings. The lowest BCUT2D eigenvalue weighted by molar-refractivity contribution is -0.122. The summed E-state index contributed by atoms with van der Waals surface area (Å²) in [5.41, 5.74) is 0. The third kappa shape index (κ3) is 2.85. The normalized spacial score (nSPS) is 27.0. The summed E-state index contributed by atoms with van der Waals surface area (Å²) >= 11 is 1.58. The van der Waals surface area contributed by atoms with Crippen molar-refractivity contribution < 1.29 is 9.90 Å². The van der Waals surface area contributed by atoms with Gasteiger partial charge in [-0.05, 0) is 24.3 Å². The molecule has 2 aliphatic heterocycles. The fourth-order valence-electron chi connectivity index (χ4n) is 3.58. The van der Waals surface area contributed by atoms with E-state index in [4.69, 9.17) is 0 Å². The molecule has 3 unspecified atom stereocenters. The van der Waals surface area contributed by atoms with Gasteiger partial charge in [0.15, 0.2) is 0 Å². The molecule has 24 heavy (non-hydrogen) atoms. The minimum absolute atomic E-state index is 0.0218. The van der Waals surface area contributed by atoms with Crippen molar-refractivity contribution in [1.29, 1.82) is 0 Å². The Morgan fingerprint density at radius 2 is 2.38 bits per heavy atom. The van der Waals surface area contributed by atoms with Gasteiger partial charge in [0, 0.05) is 32.1 Å². The number of β-amino-alcohol motifs (C(OH)–C–C–N with tert-alkyl or cyclic N) is 1. The fourth-order valence-corrected chi connectivity index (χ4v) is 4.30. The Hall–Kier alpha value is -1.77. The molecule has 0 aromatic carbocycles. The predicted molar refractivity (Wildman–Crippen MR) is 93.2 cm³/mol. The third-order valence-corrected chi connectivity index (χ3v) is 5.73. The van der Waals surface area contributed by atoms with Crippen LogP contribution in [0.3, 0.4) is 0 Å². The number of aliphatic hydroxyl groups is 1. The van der Waals surface area contributed by atoms with E-state index in [1.807, 2.05) is 11.4 Å². The van der Waals surface area contributed by atoms with E-state index in [9.17, 15) is 9.90 Å². The molecule has 0 radical (unpaired) electrons. The van der Waals surface area contributed by atoms with E-state index >= 15 is 0 Å². The van der Waals surface area contributed by atoms with E-state index in [-0.39, 0.29) is 24.0 Å². The van der Waals surface area contributed by atoms with Gasteiger partial charge in [-0.25, -0.2) is 9.97 Å². The fraction of sp³-hybridized carbons (Fsp3) is 0.562. The molecule has 2 saturated heterocycles. The molecular weight excluding hydrogens is 326 g/mol. The molecule has 4 rings (SSSR count). The topological polar surface area (TPSA) is 90.4 Å². The Bertz CT molecular complexity index is 736. The Morgan fingerprint density at radius 3 is 3.21 bits per heavy atom. The highest BCUT2D eigenvalue weighted by Gasteiger charge is 2.33. The number of nitrogens with one attached hydrogen (secondary N) is 2. The highest BCUT2D eigenvalue weighted by molar-refractivity contribution is 7.16. The molecule has 0 aliphatic carbocycles. The second kappa shape index (κ2) is 6.62. The molecule has 0 saturated carbocycles. The summed E-state index contributed by atoms with van der Waals surface area (Å²) in [6, 6.07) is 1.82. The number of thiophene rings is 1. The second-order valence-electron chi connectivity index (χ2n) is 6.42. The number of fused-ring (bicyclic) bond motifs is 1. The number of carbonyl (C=O) groups is 1. The Morgan fingerprint density at radius 1 is 1.46 bits per heavy atom. The maximum atomic E-state index is 12.7. The van der Waals surface area contributed by atoms with E-state index in [2.05, 4.69) is 25.5 Å². The second-order valence-corrected chi connectivity index (χ2v) is 7.31. The molecule has 7 nitrogen and oxygen atoms in total. The molecule has 0 spiro atoms. The van der Waals surface area contributed by atoms with Gasteiger partial charge in [-0.3, -0.25) is 4.79 Å². The monoisotopic (exact) mass is 347 g/mol. The van der Waals surface area contributed by atoms with E-state index in [1.165, 1.54) is 0 Å². The molecule has 2 fully saturated rings. The van der Waals surface area contributed by atoms with E-state index < -0.39 is 0 Å². The van der Waals surface area contributed by atoms with Crippen molar-refractivity contribution in [2.75, 3.05) is 31.1 Å². The first-order valence-electron chi connectivity index (χ1n) is 8.35. The Kier molecular flexibility index (Phi) is 4.34. The first-order valence-corrected chi connectivity index (χ1v) is 9.23. The predicted octanol–water partition coefficient (Wildman–Crippen LogP) is 0.357. The smallest absolute Gasteiger partial charge is 0.242 e. The zero-order valence-electron chi connectivity index (χ0n) is 13.3. The average molecular weight is 347 g/mol. The van der Waals surface area contributed by atoms with Gasteiger partial charge >= 0.3 is 0 Å². The number of anilines is 1. The zero-order valence-corrected chi connectivity index (χ0v) is 14.1. The lowest BCUT2D eigenvalue weighted by Crippen LogP contribution is -2.46. The summed E-state index contributed by atoms with van der Waals surface area (Å²) in [7, 11) is 0. The average Bonchev–Trinajstić information content (AvgIpc) is 3.32. The van der Waals surface area contributed by atoms with Crippen molar-refractivity contribution in [2.45, 2.75) is 25.0 Å². The number of aromatic nitrogens is 2. The van der Waals surface area contributed by atoms with Crippen LogP contribution in [0.25, 0.3) is 10.2 Å². The maximum Gasteiger partial charge on any atom is 0.242 e. The zero-order chi connectivity index (χ0) is 16.5. The summed E-state index contributed by atoms with van der Waals surface area (Å²) in [6.07, 6.45) is 2.99. The van der Waals surface area contributed by atoms with Gasteiger partial charge in [0.1, 0.15) is 23.0 Å². The van der Waals surface area contributed by atoms with Gasteiger partial charge in [-0.15, -0.1) is 11.3 Å². The standard InChI is InChI=1S/C16H21N5O2S/c22-13-8-17-6-10(13)7-18-15(23)12-2-1-4-21(12)14-11-3-5-24-16(11)20-9-19-14/h3,5,9-10,12-13,17,22H,1-2,4,6-8H2,(H,18,23). The highest BCUT2D eigenvalue weighted by Crippen LogP contribution is 2.31. The quantitative estimate of drug-likeness (QED) is 0.740. The number of amides is 1. The molecule has 0 bridgehead atoms. The van der Waals surface area contributed by atoms with Crippen molar-refractivity contribution in [3.05, 3.63) is 17.8 Å². The maximum absolute atomic E-state index is 12.7. The molecule has 4 heterocycles. The first kappa shape index (κ1) is 15.7. The molecular formula is C16H21N5O2S. The van der Waals surface area contributed by atoms with Crippen LogP contribution in [0.15, 0.2) is 17.8 Å². The number of nitrogens with zero attached hydrogens (tertiary/aromatic N) is 3. The van der Waals surface area contributed by atoms with E-state index in [1.54, 1.807) is 17.7 Å². The first-order chi connectivity index (χ1) is 11.7. The van der Waals surface area contributed by atoms with Crippen LogP contribution in [-0.4, -0.2) is 59.3 Å². The van der Waals surface area contributed by atoms with Crippen LogP contribution >= 0.6 is 11.3 Å². The molecule has 3 N–H and O–H groups in total. The number of hydrogen-bond donors (Lipinski definition) is 3. The van der Waals surface area contributed by atoms with Crippen molar-refractivity contribution in [1.82, 2.24) is 20.6 Å².